The second-order valence-electron chi connectivity index (χ2n) is 7.84. The van der Waals surface area contributed by atoms with Crippen LogP contribution in [0.4, 0.5) is 0 Å². The monoisotopic (exact) mass is 376 g/mol. The summed E-state index contributed by atoms with van der Waals surface area (Å²) in [6, 6.07) is 10.5. The Morgan fingerprint density at radius 3 is 2.27 bits per heavy atom. The van der Waals surface area contributed by atoms with Crippen molar-refractivity contribution in [3.8, 4) is 0 Å². The minimum atomic E-state index is -0.318. The molecule has 0 bridgehead atoms. The van der Waals surface area contributed by atoms with Crippen molar-refractivity contribution < 1.29 is 9.53 Å². The molecule has 1 fully saturated rings. The number of allylic oxidation sites excluding steroid dienone is 1. The molecule has 0 aliphatic carbocycles. The average Bonchev–Trinajstić information content (AvgIpc) is 2.50. The normalized spacial score (nSPS) is 15.7. The number of rotatable bonds is 6. The van der Waals surface area contributed by atoms with Gasteiger partial charge >= 0.3 is 0 Å². The van der Waals surface area contributed by atoms with Crippen LogP contribution < -0.4 is 0 Å². The standard InChI is InChI=1S/C16H23N2P.C5H10O2/c1-13(10-14-8-6-5-7-9-14)17-16(19(3)4)15-11-18(2)12-15;1-5(2,3)7-4-6/h5-9,15H,1,10-12H2,2-4H3;4H,1-3H3. The van der Waals surface area contributed by atoms with Gasteiger partial charge in [-0.25, -0.2) is 0 Å². The van der Waals surface area contributed by atoms with Crippen LogP contribution in [0.15, 0.2) is 47.6 Å². The minimum Gasteiger partial charge on any atom is -0.462 e. The van der Waals surface area contributed by atoms with Crippen molar-refractivity contribution in [3.05, 3.63) is 48.2 Å². The molecule has 1 aromatic rings. The smallest absolute Gasteiger partial charge is 0.293 e. The Morgan fingerprint density at radius 2 is 1.88 bits per heavy atom. The van der Waals surface area contributed by atoms with Gasteiger partial charge in [0.15, 0.2) is 0 Å². The first-order valence-electron chi connectivity index (χ1n) is 8.90. The maximum Gasteiger partial charge on any atom is 0.293 e. The quantitative estimate of drug-likeness (QED) is 0.420. The van der Waals surface area contributed by atoms with E-state index in [1.165, 1.54) is 11.0 Å². The summed E-state index contributed by atoms with van der Waals surface area (Å²) in [6.07, 6.45) is 0.857. The van der Waals surface area contributed by atoms with Gasteiger partial charge < -0.3 is 9.64 Å². The number of ether oxygens (including phenoxy) is 1. The van der Waals surface area contributed by atoms with Crippen LogP contribution in [0.1, 0.15) is 26.3 Å². The number of hydrogen-bond donors (Lipinski definition) is 0. The second kappa shape index (κ2) is 10.6. The Labute approximate surface area is 160 Å². The van der Waals surface area contributed by atoms with E-state index in [0.717, 1.165) is 25.2 Å². The van der Waals surface area contributed by atoms with Crippen LogP contribution in [0.5, 0.6) is 0 Å². The van der Waals surface area contributed by atoms with E-state index in [9.17, 15) is 4.79 Å². The number of benzene rings is 1. The highest BCUT2D eigenvalue weighted by Crippen LogP contribution is 2.36. The summed E-state index contributed by atoms with van der Waals surface area (Å²) in [4.78, 5) is 16.8. The molecule has 1 aliphatic rings. The molecule has 0 saturated carbocycles. The molecule has 0 spiro atoms. The van der Waals surface area contributed by atoms with E-state index < -0.39 is 0 Å². The van der Waals surface area contributed by atoms with Crippen LogP contribution in [-0.4, -0.2) is 55.9 Å². The number of hydrogen-bond acceptors (Lipinski definition) is 4. The highest BCUT2D eigenvalue weighted by Gasteiger charge is 2.29. The largest absolute Gasteiger partial charge is 0.462 e. The molecule has 1 aliphatic heterocycles. The van der Waals surface area contributed by atoms with Crippen LogP contribution >= 0.6 is 7.92 Å². The van der Waals surface area contributed by atoms with Gasteiger partial charge in [-0.05, 0) is 46.7 Å². The van der Waals surface area contributed by atoms with Crippen LogP contribution in [-0.2, 0) is 16.0 Å². The third-order valence-electron chi connectivity index (χ3n) is 3.81. The molecule has 1 aromatic carbocycles. The molecule has 2 rings (SSSR count). The molecule has 0 atom stereocenters. The van der Waals surface area contributed by atoms with Gasteiger partial charge in [-0.1, -0.05) is 44.8 Å². The number of likely N-dealkylation sites (tertiary alicyclic amines) is 1. The van der Waals surface area contributed by atoms with Crippen molar-refractivity contribution >= 4 is 19.8 Å². The molecule has 4 nitrogen and oxygen atoms in total. The van der Waals surface area contributed by atoms with Gasteiger partial charge in [0.05, 0.1) is 0 Å². The van der Waals surface area contributed by atoms with Crippen molar-refractivity contribution in [2.75, 3.05) is 33.5 Å². The van der Waals surface area contributed by atoms with E-state index in [1.807, 2.05) is 26.8 Å². The molecule has 0 amide bonds. The summed E-state index contributed by atoms with van der Waals surface area (Å²) in [6.45, 7) is 17.0. The summed E-state index contributed by atoms with van der Waals surface area (Å²) in [7, 11) is 2.05. The maximum absolute atomic E-state index is 9.60. The fourth-order valence-corrected chi connectivity index (χ4v) is 3.83. The molecule has 0 radical (unpaired) electrons. The zero-order valence-corrected chi connectivity index (χ0v) is 17.9. The molecule has 5 heteroatoms. The molecular formula is C21H33N2O2P. The van der Waals surface area contributed by atoms with Gasteiger partial charge in [-0.2, -0.15) is 0 Å². The number of carbonyl (C=O) groups is 1. The van der Waals surface area contributed by atoms with Crippen molar-refractivity contribution in [3.63, 3.8) is 0 Å². The fourth-order valence-electron chi connectivity index (χ4n) is 2.60. The van der Waals surface area contributed by atoms with Crippen molar-refractivity contribution in [1.82, 2.24) is 4.90 Å². The lowest BCUT2D eigenvalue weighted by molar-refractivity contribution is -0.138. The van der Waals surface area contributed by atoms with Crippen LogP contribution in [0, 0.1) is 5.92 Å². The molecule has 1 heterocycles. The lowest BCUT2D eigenvalue weighted by Gasteiger charge is -2.38. The number of aliphatic imine (C=N–C) groups is 1. The van der Waals surface area contributed by atoms with Gasteiger partial charge in [0.25, 0.3) is 6.47 Å². The highest BCUT2D eigenvalue weighted by molar-refractivity contribution is 7.74. The zero-order valence-electron chi connectivity index (χ0n) is 17.0. The first-order valence-corrected chi connectivity index (χ1v) is 11.1. The summed E-state index contributed by atoms with van der Waals surface area (Å²) >= 11 is 0. The van der Waals surface area contributed by atoms with Crippen molar-refractivity contribution in [2.24, 2.45) is 10.9 Å². The zero-order chi connectivity index (χ0) is 19.7. The maximum atomic E-state index is 9.60. The molecule has 0 unspecified atom stereocenters. The van der Waals surface area contributed by atoms with Gasteiger partial charge in [0, 0.05) is 36.6 Å². The van der Waals surface area contributed by atoms with Crippen molar-refractivity contribution in [2.45, 2.75) is 32.8 Å². The highest BCUT2D eigenvalue weighted by atomic mass is 31.1. The van der Waals surface area contributed by atoms with E-state index in [4.69, 9.17) is 4.99 Å². The van der Waals surface area contributed by atoms with Gasteiger partial charge in [-0.15, -0.1) is 0 Å². The molecule has 26 heavy (non-hydrogen) atoms. The summed E-state index contributed by atoms with van der Waals surface area (Å²) in [5, 5.41) is 0. The Bertz CT molecular complexity index is 600. The predicted molar refractivity (Wildman–Crippen MR) is 113 cm³/mol. The lowest BCUT2D eigenvalue weighted by Crippen LogP contribution is -2.47. The SMILES string of the molecule is C=C(Cc1ccccc1)N=C(C1CN(C)C1)P(C)C.CC(C)(C)OC=O. The minimum absolute atomic E-state index is 0.122. The molecule has 0 N–H and O–H groups in total. The Balaban J connectivity index is 0.000000412. The number of carbonyl (C=O) groups excluding carboxylic acids is 1. The third-order valence-corrected chi connectivity index (χ3v) is 5.19. The lowest BCUT2D eigenvalue weighted by atomic mass is 10.0. The van der Waals surface area contributed by atoms with E-state index in [-0.39, 0.29) is 13.5 Å². The van der Waals surface area contributed by atoms with Crippen LogP contribution in [0.2, 0.25) is 0 Å². The Morgan fingerprint density at radius 1 is 1.31 bits per heavy atom. The average molecular weight is 376 g/mol. The molecule has 144 valence electrons. The topological polar surface area (TPSA) is 41.9 Å². The van der Waals surface area contributed by atoms with Crippen LogP contribution in [0.25, 0.3) is 0 Å². The predicted octanol–water partition coefficient (Wildman–Crippen LogP) is 4.40. The summed E-state index contributed by atoms with van der Waals surface area (Å²) < 4.78 is 4.55. The fraction of sp³-hybridized carbons (Fsp3) is 0.524. The van der Waals surface area contributed by atoms with E-state index in [2.05, 4.69) is 60.9 Å². The van der Waals surface area contributed by atoms with Crippen LogP contribution in [0.3, 0.4) is 0 Å². The van der Waals surface area contributed by atoms with E-state index in [0.29, 0.717) is 12.4 Å². The van der Waals surface area contributed by atoms with E-state index in [1.54, 1.807) is 0 Å². The molecular weight excluding hydrogens is 343 g/mol. The third kappa shape index (κ3) is 8.73. The van der Waals surface area contributed by atoms with Gasteiger partial charge in [-0.3, -0.25) is 9.79 Å². The Hall–Kier alpha value is -1.51. The van der Waals surface area contributed by atoms with Crippen molar-refractivity contribution in [1.29, 1.82) is 0 Å². The van der Waals surface area contributed by atoms with Gasteiger partial charge in [0.2, 0.25) is 0 Å². The Kier molecular flexibility index (Phi) is 9.18. The summed E-state index contributed by atoms with van der Waals surface area (Å²) in [5.41, 5.74) is 3.35. The summed E-state index contributed by atoms with van der Waals surface area (Å²) in [5.74, 6) is 0.652. The first-order chi connectivity index (χ1) is 12.1. The second-order valence-corrected chi connectivity index (χ2v) is 10.1. The van der Waals surface area contributed by atoms with Gasteiger partial charge in [0.1, 0.15) is 5.60 Å². The van der Waals surface area contributed by atoms with E-state index >= 15 is 0 Å². The number of nitrogens with zero attached hydrogens (tertiary/aromatic N) is 2. The molecule has 1 saturated heterocycles. The molecule has 0 aromatic heterocycles. The first kappa shape index (κ1) is 22.5.